The van der Waals surface area contributed by atoms with Crippen molar-refractivity contribution in [2.45, 2.75) is 58.5 Å². The van der Waals surface area contributed by atoms with Gasteiger partial charge >= 0.3 is 0 Å². The molecule has 0 radical (unpaired) electrons. The summed E-state index contributed by atoms with van der Waals surface area (Å²) in [4.78, 5) is 50.8. The van der Waals surface area contributed by atoms with Crippen LogP contribution in [0.2, 0.25) is 0 Å². The van der Waals surface area contributed by atoms with E-state index in [0.29, 0.717) is 59.3 Å². The lowest BCUT2D eigenvalue weighted by Crippen LogP contribution is -2.47. The molecule has 0 bridgehead atoms. The monoisotopic (exact) mass is 654 g/mol. The van der Waals surface area contributed by atoms with Crippen molar-refractivity contribution < 1.29 is 38.1 Å². The Balaban J connectivity index is 1.17. The first kappa shape index (κ1) is 37.6. The Hall–Kier alpha value is -3.84. The van der Waals surface area contributed by atoms with E-state index >= 15 is 0 Å². The number of para-hydroxylation sites is 1. The van der Waals surface area contributed by atoms with Gasteiger partial charge in [-0.05, 0) is 41.5 Å². The highest BCUT2D eigenvalue weighted by molar-refractivity contribution is 5.96. The van der Waals surface area contributed by atoms with Crippen LogP contribution in [-0.4, -0.2) is 89.1 Å². The van der Waals surface area contributed by atoms with Crippen LogP contribution in [0.25, 0.3) is 0 Å². The molecule has 12 heteroatoms. The van der Waals surface area contributed by atoms with E-state index in [1.807, 2.05) is 49.1 Å². The number of nitrogens with one attached hydrogen (secondary N) is 2. The number of carbonyl (C=O) groups excluding carboxylic acids is 4. The number of carbonyl (C=O) groups is 4. The Bertz CT molecular complexity index is 1290. The second kappa shape index (κ2) is 21.1. The molecule has 1 unspecified atom stereocenters. The van der Waals surface area contributed by atoms with Crippen LogP contribution in [0.1, 0.15) is 49.8 Å². The highest BCUT2D eigenvalue weighted by atomic mass is 16.6. The molecule has 1 aliphatic heterocycles. The fourth-order valence-corrected chi connectivity index (χ4v) is 5.13. The number of aryl methyl sites for hydroxylation is 2. The zero-order valence-corrected chi connectivity index (χ0v) is 27.7. The minimum Gasteiger partial charge on any atom is -0.379 e. The molecule has 1 heterocycles. The number of hydrogen-bond donors (Lipinski definition) is 3. The third kappa shape index (κ3) is 13.8. The van der Waals surface area contributed by atoms with Gasteiger partial charge < -0.3 is 40.2 Å². The van der Waals surface area contributed by atoms with Gasteiger partial charge in [0.05, 0.1) is 59.4 Å². The van der Waals surface area contributed by atoms with E-state index in [-0.39, 0.29) is 49.5 Å². The van der Waals surface area contributed by atoms with E-state index in [4.69, 9.17) is 24.7 Å². The van der Waals surface area contributed by atoms with Crippen molar-refractivity contribution in [3.8, 4) is 0 Å². The highest BCUT2D eigenvalue weighted by Crippen LogP contribution is 2.29. The molecule has 258 valence electrons. The molecule has 1 aliphatic rings. The maximum Gasteiger partial charge on any atom is 0.240 e. The van der Waals surface area contributed by atoms with E-state index < -0.39 is 11.9 Å². The van der Waals surface area contributed by atoms with Crippen LogP contribution in [0.15, 0.2) is 48.5 Å². The number of nitrogens with two attached hydrogens (primary N) is 1. The largest absolute Gasteiger partial charge is 0.379 e. The average molecular weight is 655 g/mol. The Kier molecular flexibility index (Phi) is 16.9. The van der Waals surface area contributed by atoms with Crippen molar-refractivity contribution in [2.75, 3.05) is 64.3 Å². The number of benzene rings is 2. The molecule has 0 spiro atoms. The predicted molar refractivity (Wildman–Crippen MR) is 178 cm³/mol. The molecule has 0 fully saturated rings. The van der Waals surface area contributed by atoms with E-state index in [9.17, 15) is 19.2 Å². The number of hydrogen-bond acceptors (Lipinski definition) is 8. The molecule has 2 aromatic carbocycles. The van der Waals surface area contributed by atoms with Gasteiger partial charge in [0.2, 0.25) is 23.6 Å². The summed E-state index contributed by atoms with van der Waals surface area (Å²) in [5.74, 6) is -1.19. The van der Waals surface area contributed by atoms with Crippen LogP contribution in [0.5, 0.6) is 0 Å². The molecule has 4 amide bonds. The minimum atomic E-state index is -0.690. The van der Waals surface area contributed by atoms with Crippen LogP contribution < -0.4 is 21.3 Å². The molecule has 47 heavy (non-hydrogen) atoms. The molecular weight excluding hydrogens is 604 g/mol. The fraction of sp³-hybridized carbons (Fsp3) is 0.543. The summed E-state index contributed by atoms with van der Waals surface area (Å²) < 4.78 is 21.8. The number of fused-ring (bicyclic) bond motifs is 2. The second-order valence-electron chi connectivity index (χ2n) is 11.6. The van der Waals surface area contributed by atoms with Gasteiger partial charge in [-0.1, -0.05) is 56.3 Å². The van der Waals surface area contributed by atoms with E-state index in [1.165, 1.54) is 5.56 Å². The smallest absolute Gasteiger partial charge is 0.240 e. The standard InChI is InChI=1S/C35H50N4O8/c1-26(2)34(35(36)43)38-32(41)15-17-44-19-21-46-23-24-47-22-20-45-18-16-37-31(40)13-14-33(42)39-25-29-9-4-3-7-27(29)11-12-28-8-5-6-10-30(28)39/h3-10,26,34H,11-25H2,1-2H3,(H2,36,43)(H,37,40)(H,38,41). The van der Waals surface area contributed by atoms with Gasteiger partial charge in [0.15, 0.2) is 0 Å². The molecule has 0 aromatic heterocycles. The van der Waals surface area contributed by atoms with Crippen molar-refractivity contribution in [3.05, 3.63) is 65.2 Å². The van der Waals surface area contributed by atoms with Gasteiger partial charge in [0.1, 0.15) is 6.04 Å². The van der Waals surface area contributed by atoms with E-state index in [1.54, 1.807) is 0 Å². The van der Waals surface area contributed by atoms with Crippen LogP contribution in [-0.2, 0) is 57.5 Å². The van der Waals surface area contributed by atoms with Gasteiger partial charge in [-0.3, -0.25) is 19.2 Å². The van der Waals surface area contributed by atoms with Crippen LogP contribution in [0.3, 0.4) is 0 Å². The van der Waals surface area contributed by atoms with Gasteiger partial charge in [0.25, 0.3) is 0 Å². The molecule has 1 atom stereocenters. The minimum absolute atomic E-state index is 0.0724. The summed E-state index contributed by atoms with van der Waals surface area (Å²) in [7, 11) is 0. The quantitative estimate of drug-likeness (QED) is 0.173. The van der Waals surface area contributed by atoms with E-state index in [2.05, 4.69) is 28.8 Å². The molecule has 0 saturated carbocycles. The maximum atomic E-state index is 13.3. The number of ether oxygens (including phenoxy) is 4. The Morgan fingerprint density at radius 2 is 1.26 bits per heavy atom. The summed E-state index contributed by atoms with van der Waals surface area (Å²) in [6.07, 6.45) is 2.16. The van der Waals surface area contributed by atoms with Gasteiger partial charge in [-0.25, -0.2) is 0 Å². The first-order valence-electron chi connectivity index (χ1n) is 16.4. The lowest BCUT2D eigenvalue weighted by atomic mass is 9.95. The number of amides is 4. The number of primary amides is 1. The van der Waals surface area contributed by atoms with Gasteiger partial charge in [0, 0.05) is 31.5 Å². The van der Waals surface area contributed by atoms with Gasteiger partial charge in [-0.15, -0.1) is 0 Å². The normalized spacial score (nSPS) is 13.2. The van der Waals surface area contributed by atoms with Crippen molar-refractivity contribution in [3.63, 3.8) is 0 Å². The SMILES string of the molecule is CC(C)C(NC(=O)CCOCCOCCOCCOCCNC(=O)CCC(=O)N1Cc2ccccc2CCc2ccccc21)C(N)=O. The molecular formula is C35H50N4O8. The zero-order valence-electron chi connectivity index (χ0n) is 27.7. The molecule has 2 aromatic rings. The predicted octanol–water partition coefficient (Wildman–Crippen LogP) is 2.30. The average Bonchev–Trinajstić information content (AvgIpc) is 3.05. The molecule has 12 nitrogen and oxygen atoms in total. The summed E-state index contributed by atoms with van der Waals surface area (Å²) in [6.45, 7) is 7.27. The first-order valence-corrected chi connectivity index (χ1v) is 16.4. The highest BCUT2D eigenvalue weighted by Gasteiger charge is 2.23. The molecule has 4 N–H and O–H groups in total. The van der Waals surface area contributed by atoms with Crippen molar-refractivity contribution in [1.29, 1.82) is 0 Å². The lowest BCUT2D eigenvalue weighted by molar-refractivity contribution is -0.129. The van der Waals surface area contributed by atoms with Crippen molar-refractivity contribution in [2.24, 2.45) is 11.7 Å². The van der Waals surface area contributed by atoms with E-state index in [0.717, 1.165) is 29.7 Å². The molecule has 0 saturated heterocycles. The van der Waals surface area contributed by atoms with Crippen LogP contribution in [0, 0.1) is 5.92 Å². The maximum absolute atomic E-state index is 13.3. The Morgan fingerprint density at radius 3 is 1.89 bits per heavy atom. The second-order valence-corrected chi connectivity index (χ2v) is 11.6. The topological polar surface area (TPSA) is 159 Å². The fourth-order valence-electron chi connectivity index (χ4n) is 5.13. The zero-order chi connectivity index (χ0) is 33.9. The third-order valence-electron chi connectivity index (χ3n) is 7.71. The third-order valence-corrected chi connectivity index (χ3v) is 7.71. The first-order chi connectivity index (χ1) is 22.8. The lowest BCUT2D eigenvalue weighted by Gasteiger charge is -2.29. The Morgan fingerprint density at radius 1 is 0.702 bits per heavy atom. The van der Waals surface area contributed by atoms with Crippen molar-refractivity contribution >= 4 is 29.3 Å². The summed E-state index contributed by atoms with van der Waals surface area (Å²) in [5, 5.41) is 5.42. The number of nitrogens with zero attached hydrogens (tertiary/aromatic N) is 1. The summed E-state index contributed by atoms with van der Waals surface area (Å²) in [6, 6.07) is 15.5. The molecule has 0 aliphatic carbocycles. The Labute approximate surface area is 277 Å². The van der Waals surface area contributed by atoms with Gasteiger partial charge in [-0.2, -0.15) is 0 Å². The summed E-state index contributed by atoms with van der Waals surface area (Å²) in [5.41, 5.74) is 9.74. The summed E-state index contributed by atoms with van der Waals surface area (Å²) >= 11 is 0. The van der Waals surface area contributed by atoms with Crippen LogP contribution >= 0.6 is 0 Å². The van der Waals surface area contributed by atoms with Crippen LogP contribution in [0.4, 0.5) is 5.69 Å². The van der Waals surface area contributed by atoms with Crippen molar-refractivity contribution in [1.82, 2.24) is 10.6 Å². The molecule has 3 rings (SSSR count). The number of rotatable bonds is 21. The number of anilines is 1.